The highest BCUT2D eigenvalue weighted by atomic mass is 32.1. The monoisotopic (exact) mass is 476 g/mol. The zero-order chi connectivity index (χ0) is 23.3. The molecule has 3 heterocycles. The third-order valence-electron chi connectivity index (χ3n) is 6.39. The largest absolute Gasteiger partial charge is 0.358 e. The highest BCUT2D eigenvalue weighted by Gasteiger charge is 2.22. The van der Waals surface area contributed by atoms with E-state index in [2.05, 4.69) is 50.8 Å². The first kappa shape index (κ1) is 22.5. The van der Waals surface area contributed by atoms with Gasteiger partial charge < -0.3 is 20.4 Å². The number of nitrogens with one attached hydrogen (secondary N) is 2. The number of aromatic nitrogens is 2. The molecule has 34 heavy (non-hydrogen) atoms. The van der Waals surface area contributed by atoms with Gasteiger partial charge in [-0.3, -0.25) is 0 Å². The Labute approximate surface area is 205 Å². The molecule has 1 fully saturated rings. The van der Waals surface area contributed by atoms with Gasteiger partial charge in [-0.25, -0.2) is 4.39 Å². The first-order valence-corrected chi connectivity index (χ1v) is 12.3. The van der Waals surface area contributed by atoms with E-state index in [9.17, 15) is 4.39 Å². The Morgan fingerprint density at radius 3 is 2.12 bits per heavy atom. The van der Waals surface area contributed by atoms with E-state index in [0.717, 1.165) is 43.4 Å². The summed E-state index contributed by atoms with van der Waals surface area (Å²) in [6, 6.07) is 17.0. The molecule has 0 amide bonds. The van der Waals surface area contributed by atoms with Crippen molar-refractivity contribution in [2.75, 3.05) is 28.2 Å². The second-order valence-corrected chi connectivity index (χ2v) is 9.28. The maximum Gasteiger partial charge on any atom is 0.232 e. The van der Waals surface area contributed by atoms with Gasteiger partial charge in [0, 0.05) is 38.8 Å². The Balaban J connectivity index is 1.34. The minimum absolute atomic E-state index is 0.250. The van der Waals surface area contributed by atoms with E-state index >= 15 is 0 Å². The summed E-state index contributed by atoms with van der Waals surface area (Å²) < 4.78 is 13.2. The Morgan fingerprint density at radius 2 is 1.47 bits per heavy atom. The molecule has 2 N–H and O–H groups in total. The Kier molecular flexibility index (Phi) is 6.85. The number of hydrogen-bond acceptors (Lipinski definition) is 5. The predicted molar refractivity (Wildman–Crippen MR) is 139 cm³/mol. The zero-order valence-electron chi connectivity index (χ0n) is 19.1. The number of thiocarbonyl (C=S) groups is 1. The van der Waals surface area contributed by atoms with Gasteiger partial charge in [0.15, 0.2) is 5.11 Å². The van der Waals surface area contributed by atoms with Crippen LogP contribution < -0.4 is 20.4 Å². The standard InChI is InChI=1S/C26H29FN6S/c27-22-11-9-19(10-12-22)16-28-26(34)31-25-29-23(32-13-5-1-2-6-14-32)15-24(30-25)33-17-20-7-3-4-8-21(20)18-33/h3-4,7-12,15H,1-2,5-6,13-14,16-18H2,(H2,28,29,30,31,34). The second kappa shape index (κ2) is 10.3. The highest BCUT2D eigenvalue weighted by molar-refractivity contribution is 7.80. The molecule has 1 saturated heterocycles. The average molecular weight is 477 g/mol. The number of halogens is 1. The van der Waals surface area contributed by atoms with Crippen molar-refractivity contribution in [2.24, 2.45) is 0 Å². The molecule has 6 nitrogen and oxygen atoms in total. The van der Waals surface area contributed by atoms with Crippen LogP contribution in [0.25, 0.3) is 0 Å². The lowest BCUT2D eigenvalue weighted by atomic mass is 10.1. The number of hydrogen-bond donors (Lipinski definition) is 2. The second-order valence-electron chi connectivity index (χ2n) is 8.87. The van der Waals surface area contributed by atoms with E-state index in [1.165, 1.54) is 48.9 Å². The van der Waals surface area contributed by atoms with Crippen molar-refractivity contribution in [3.63, 3.8) is 0 Å². The molecule has 1 aromatic heterocycles. The fourth-order valence-corrected chi connectivity index (χ4v) is 4.69. The van der Waals surface area contributed by atoms with Gasteiger partial charge in [0.25, 0.3) is 0 Å². The van der Waals surface area contributed by atoms with Gasteiger partial charge in [0.1, 0.15) is 17.5 Å². The molecule has 0 unspecified atom stereocenters. The van der Waals surface area contributed by atoms with Gasteiger partial charge in [-0.05, 0) is 53.9 Å². The fourth-order valence-electron chi connectivity index (χ4n) is 4.53. The first-order chi connectivity index (χ1) is 16.6. The molecule has 0 saturated carbocycles. The quantitative estimate of drug-likeness (QED) is 0.503. The zero-order valence-corrected chi connectivity index (χ0v) is 20.0. The molecule has 0 radical (unpaired) electrons. The summed E-state index contributed by atoms with van der Waals surface area (Å²) in [4.78, 5) is 14.3. The summed E-state index contributed by atoms with van der Waals surface area (Å²) in [6.45, 7) is 4.16. The molecule has 8 heteroatoms. The van der Waals surface area contributed by atoms with E-state index in [1.54, 1.807) is 12.1 Å². The summed E-state index contributed by atoms with van der Waals surface area (Å²) in [6.07, 6.45) is 4.88. The molecular formula is C26H29FN6S. The summed E-state index contributed by atoms with van der Waals surface area (Å²) in [5.74, 6) is 2.07. The van der Waals surface area contributed by atoms with E-state index < -0.39 is 0 Å². The van der Waals surface area contributed by atoms with Crippen molar-refractivity contribution in [3.05, 3.63) is 77.1 Å². The van der Waals surface area contributed by atoms with Gasteiger partial charge in [-0.15, -0.1) is 0 Å². The topological polar surface area (TPSA) is 56.3 Å². The lowest BCUT2D eigenvalue weighted by Gasteiger charge is -2.25. The van der Waals surface area contributed by atoms with Crippen molar-refractivity contribution in [3.8, 4) is 0 Å². The highest BCUT2D eigenvalue weighted by Crippen LogP contribution is 2.30. The number of benzene rings is 2. The van der Waals surface area contributed by atoms with Crippen molar-refractivity contribution in [1.82, 2.24) is 15.3 Å². The van der Waals surface area contributed by atoms with Crippen molar-refractivity contribution in [1.29, 1.82) is 0 Å². The number of fused-ring (bicyclic) bond motifs is 1. The van der Waals surface area contributed by atoms with Crippen LogP contribution in [0.5, 0.6) is 0 Å². The minimum atomic E-state index is -0.250. The maximum atomic E-state index is 13.2. The Morgan fingerprint density at radius 1 is 0.853 bits per heavy atom. The first-order valence-electron chi connectivity index (χ1n) is 11.9. The molecule has 3 aromatic rings. The molecule has 0 atom stereocenters. The van der Waals surface area contributed by atoms with Crippen molar-refractivity contribution < 1.29 is 4.39 Å². The summed E-state index contributed by atoms with van der Waals surface area (Å²) in [5.41, 5.74) is 3.62. The van der Waals surface area contributed by atoms with E-state index in [0.29, 0.717) is 17.6 Å². The SMILES string of the molecule is Fc1ccc(CNC(=S)Nc2nc(N3CCCCCC3)cc(N3Cc4ccccc4C3)n2)cc1. The van der Waals surface area contributed by atoms with Gasteiger partial charge in [-0.1, -0.05) is 49.2 Å². The van der Waals surface area contributed by atoms with Gasteiger partial charge in [0.2, 0.25) is 5.95 Å². The molecule has 0 spiro atoms. The minimum Gasteiger partial charge on any atom is -0.358 e. The Bertz CT molecular complexity index is 1120. The molecule has 176 valence electrons. The molecular weight excluding hydrogens is 447 g/mol. The van der Waals surface area contributed by atoms with Crippen molar-refractivity contribution in [2.45, 2.75) is 45.3 Å². The van der Waals surface area contributed by atoms with Gasteiger partial charge >= 0.3 is 0 Å². The van der Waals surface area contributed by atoms with Crippen LogP contribution in [-0.2, 0) is 19.6 Å². The third kappa shape index (κ3) is 5.44. The Hall–Kier alpha value is -3.26. The maximum absolute atomic E-state index is 13.2. The molecule has 5 rings (SSSR count). The van der Waals surface area contributed by atoms with Crippen LogP contribution in [0.3, 0.4) is 0 Å². The average Bonchev–Trinajstić information content (AvgIpc) is 3.10. The lowest BCUT2D eigenvalue weighted by molar-refractivity contribution is 0.627. The third-order valence-corrected chi connectivity index (χ3v) is 6.63. The van der Waals surface area contributed by atoms with Crippen LogP contribution in [0.4, 0.5) is 22.0 Å². The van der Waals surface area contributed by atoms with Crippen LogP contribution in [0.1, 0.15) is 42.4 Å². The van der Waals surface area contributed by atoms with Crippen molar-refractivity contribution >= 4 is 34.9 Å². The fraction of sp³-hybridized carbons (Fsp3) is 0.346. The summed E-state index contributed by atoms with van der Waals surface area (Å²) in [7, 11) is 0. The molecule has 2 aromatic carbocycles. The smallest absolute Gasteiger partial charge is 0.232 e. The molecule has 2 aliphatic heterocycles. The van der Waals surface area contributed by atoms with Gasteiger partial charge in [-0.2, -0.15) is 9.97 Å². The van der Waals surface area contributed by atoms with Gasteiger partial charge in [0.05, 0.1) is 0 Å². The van der Waals surface area contributed by atoms with Crippen LogP contribution in [0.2, 0.25) is 0 Å². The number of rotatable bonds is 5. The van der Waals surface area contributed by atoms with Crippen LogP contribution in [-0.4, -0.2) is 28.2 Å². The van der Waals surface area contributed by atoms with E-state index in [1.807, 2.05) is 0 Å². The van der Waals surface area contributed by atoms with E-state index in [-0.39, 0.29) is 5.82 Å². The van der Waals surface area contributed by atoms with Crippen LogP contribution in [0.15, 0.2) is 54.6 Å². The normalized spacial score (nSPS) is 15.6. The summed E-state index contributed by atoms with van der Waals surface area (Å²) >= 11 is 5.51. The number of nitrogens with zero attached hydrogens (tertiary/aromatic N) is 4. The van der Waals surface area contributed by atoms with Crippen LogP contribution >= 0.6 is 12.2 Å². The molecule has 0 bridgehead atoms. The van der Waals surface area contributed by atoms with E-state index in [4.69, 9.17) is 22.2 Å². The molecule has 2 aliphatic rings. The van der Waals surface area contributed by atoms with Crippen LogP contribution in [0, 0.1) is 5.82 Å². The number of anilines is 3. The molecule has 0 aliphatic carbocycles. The predicted octanol–water partition coefficient (Wildman–Crippen LogP) is 5.00. The lowest BCUT2D eigenvalue weighted by Crippen LogP contribution is -2.30. The summed E-state index contributed by atoms with van der Waals surface area (Å²) in [5, 5.41) is 6.78.